The van der Waals surface area contributed by atoms with Gasteiger partial charge in [-0.25, -0.2) is 4.79 Å². The highest BCUT2D eigenvalue weighted by Gasteiger charge is 2.54. The molecule has 37 heavy (non-hydrogen) atoms. The molecule has 1 saturated carbocycles. The van der Waals surface area contributed by atoms with Gasteiger partial charge in [-0.2, -0.15) is 5.10 Å². The smallest absolute Gasteiger partial charge is 0.413 e. The molecule has 1 aliphatic carbocycles. The second-order valence-electron chi connectivity index (χ2n) is 8.51. The third kappa shape index (κ3) is 4.69. The fourth-order valence-corrected chi connectivity index (χ4v) is 7.70. The first-order valence-corrected chi connectivity index (χ1v) is 13.8. The standard InChI is InChI=1S/C25H18Cl3N3O4S2/c1-12(14-5-3-4-6-15(14)26)35-24(34)30-22-13(11-29-31(22)2)7-8-16-17(27)19-20(36-16)18(28)21(37-19)25(9-10-25)23(32)33/h3-6,11-12H,9-10H2,1-2H3,(H,30,34)(H,32,33). The van der Waals surface area contributed by atoms with Crippen LogP contribution >= 0.6 is 57.5 Å². The number of carbonyl (C=O) groups excluding carboxylic acids is 1. The summed E-state index contributed by atoms with van der Waals surface area (Å²) >= 11 is 22.0. The first kappa shape index (κ1) is 25.9. The van der Waals surface area contributed by atoms with Gasteiger partial charge in [-0.15, -0.1) is 22.7 Å². The van der Waals surface area contributed by atoms with Crippen molar-refractivity contribution in [2.45, 2.75) is 31.3 Å². The van der Waals surface area contributed by atoms with E-state index in [0.29, 0.717) is 54.6 Å². The van der Waals surface area contributed by atoms with Gasteiger partial charge in [0, 0.05) is 22.5 Å². The Bertz CT molecular complexity index is 1620. The number of aryl methyl sites for hydroxylation is 1. The molecule has 5 rings (SSSR count). The fourth-order valence-electron chi connectivity index (χ4n) is 3.89. The predicted molar refractivity (Wildman–Crippen MR) is 147 cm³/mol. The number of aliphatic carboxylic acids is 1. The molecule has 0 spiro atoms. The van der Waals surface area contributed by atoms with Crippen LogP contribution in [0.1, 0.15) is 46.8 Å². The molecule has 4 aromatic rings. The van der Waals surface area contributed by atoms with E-state index in [4.69, 9.17) is 39.5 Å². The Morgan fingerprint density at radius 3 is 2.51 bits per heavy atom. The van der Waals surface area contributed by atoms with Gasteiger partial charge in [-0.3, -0.25) is 14.8 Å². The first-order valence-electron chi connectivity index (χ1n) is 11.0. The summed E-state index contributed by atoms with van der Waals surface area (Å²) in [6.07, 6.45) is 1.41. The molecule has 1 unspecified atom stereocenters. The minimum atomic E-state index is -0.899. The van der Waals surface area contributed by atoms with Gasteiger partial charge in [-0.1, -0.05) is 58.9 Å². The number of nitrogens with one attached hydrogen (secondary N) is 1. The van der Waals surface area contributed by atoms with E-state index < -0.39 is 23.6 Å². The van der Waals surface area contributed by atoms with E-state index in [1.807, 2.05) is 6.07 Å². The number of rotatable bonds is 5. The maximum absolute atomic E-state index is 12.6. The number of halogens is 3. The van der Waals surface area contributed by atoms with Crippen molar-refractivity contribution in [2.24, 2.45) is 7.05 Å². The molecule has 0 bridgehead atoms. The number of anilines is 1. The molecule has 7 nitrogen and oxygen atoms in total. The summed E-state index contributed by atoms with van der Waals surface area (Å²) < 4.78 is 8.42. The zero-order valence-electron chi connectivity index (χ0n) is 19.4. The largest absolute Gasteiger partial charge is 0.481 e. The highest BCUT2D eigenvalue weighted by atomic mass is 35.5. The highest BCUT2D eigenvalue weighted by Crippen LogP contribution is 2.57. The van der Waals surface area contributed by atoms with Crippen molar-refractivity contribution in [1.29, 1.82) is 0 Å². The van der Waals surface area contributed by atoms with Crippen molar-refractivity contribution in [3.8, 4) is 11.8 Å². The average molecular weight is 595 g/mol. The van der Waals surface area contributed by atoms with Gasteiger partial charge < -0.3 is 9.84 Å². The van der Waals surface area contributed by atoms with E-state index in [1.165, 1.54) is 33.6 Å². The summed E-state index contributed by atoms with van der Waals surface area (Å²) in [5, 5.41) is 17.9. The van der Waals surface area contributed by atoms with Crippen LogP contribution in [0, 0.1) is 11.8 Å². The fraction of sp³-hybridized carbons (Fsp3) is 0.240. The van der Waals surface area contributed by atoms with E-state index in [-0.39, 0.29) is 0 Å². The Morgan fingerprint density at radius 2 is 1.86 bits per heavy atom. The van der Waals surface area contributed by atoms with Crippen molar-refractivity contribution < 1.29 is 19.4 Å². The second kappa shape index (κ2) is 9.86. The highest BCUT2D eigenvalue weighted by molar-refractivity contribution is 7.30. The average Bonchev–Trinajstić information content (AvgIpc) is 3.40. The van der Waals surface area contributed by atoms with Crippen LogP contribution in [0.3, 0.4) is 0 Å². The molecular formula is C25H18Cl3N3O4S2. The number of carbonyl (C=O) groups is 2. The van der Waals surface area contributed by atoms with Crippen LogP contribution in [0.25, 0.3) is 9.40 Å². The summed E-state index contributed by atoms with van der Waals surface area (Å²) in [7, 11) is 1.67. The molecule has 0 aliphatic heterocycles. The third-order valence-corrected chi connectivity index (χ3v) is 10.3. The van der Waals surface area contributed by atoms with Crippen LogP contribution in [0.2, 0.25) is 15.1 Å². The number of carboxylic acids is 1. The van der Waals surface area contributed by atoms with Crippen LogP contribution in [-0.2, 0) is 22.0 Å². The zero-order chi connectivity index (χ0) is 26.5. The number of aromatic nitrogens is 2. The molecule has 1 amide bonds. The summed E-state index contributed by atoms with van der Waals surface area (Å²) in [6, 6.07) is 7.14. The SMILES string of the molecule is CC(OC(=O)Nc1c(C#Cc2sc3c(Cl)c(C4(C(=O)O)CC4)sc3c2Cl)cnn1C)c1ccccc1Cl. The number of benzene rings is 1. The monoisotopic (exact) mass is 593 g/mol. The summed E-state index contributed by atoms with van der Waals surface area (Å²) in [6.45, 7) is 1.73. The summed E-state index contributed by atoms with van der Waals surface area (Å²) in [4.78, 5) is 25.6. The molecular weight excluding hydrogens is 577 g/mol. The van der Waals surface area contributed by atoms with Crippen molar-refractivity contribution in [3.63, 3.8) is 0 Å². The molecule has 2 N–H and O–H groups in total. The Morgan fingerprint density at radius 1 is 1.16 bits per heavy atom. The van der Waals surface area contributed by atoms with Crippen LogP contribution in [0.4, 0.5) is 10.6 Å². The van der Waals surface area contributed by atoms with Crippen LogP contribution in [0.5, 0.6) is 0 Å². The molecule has 3 aromatic heterocycles. The zero-order valence-corrected chi connectivity index (χ0v) is 23.3. The van der Waals surface area contributed by atoms with Crippen molar-refractivity contribution >= 4 is 84.8 Å². The molecule has 1 aliphatic rings. The van der Waals surface area contributed by atoms with E-state index in [0.717, 1.165) is 9.40 Å². The van der Waals surface area contributed by atoms with Crippen molar-refractivity contribution in [3.05, 3.63) is 66.4 Å². The minimum absolute atomic E-state index is 0.357. The summed E-state index contributed by atoms with van der Waals surface area (Å²) in [5.74, 6) is 5.53. The number of fused-ring (bicyclic) bond motifs is 1. The van der Waals surface area contributed by atoms with Gasteiger partial charge in [0.2, 0.25) is 0 Å². The third-order valence-electron chi connectivity index (χ3n) is 6.10. The minimum Gasteiger partial charge on any atom is -0.481 e. The van der Waals surface area contributed by atoms with E-state index >= 15 is 0 Å². The number of thiophene rings is 2. The van der Waals surface area contributed by atoms with Gasteiger partial charge in [0.1, 0.15) is 17.3 Å². The maximum atomic E-state index is 12.6. The molecule has 12 heteroatoms. The Kier molecular flexibility index (Phi) is 6.90. The quantitative estimate of drug-likeness (QED) is 0.234. The number of amides is 1. The predicted octanol–water partition coefficient (Wildman–Crippen LogP) is 7.48. The first-order chi connectivity index (χ1) is 17.6. The van der Waals surface area contributed by atoms with Gasteiger partial charge in [-0.05, 0) is 31.8 Å². The number of ether oxygens (including phenoxy) is 1. The van der Waals surface area contributed by atoms with Crippen LogP contribution in [0.15, 0.2) is 30.5 Å². The maximum Gasteiger partial charge on any atom is 0.413 e. The van der Waals surface area contributed by atoms with Gasteiger partial charge in [0.15, 0.2) is 0 Å². The van der Waals surface area contributed by atoms with Crippen LogP contribution < -0.4 is 5.32 Å². The summed E-state index contributed by atoms with van der Waals surface area (Å²) in [5.41, 5.74) is 0.255. The van der Waals surface area contributed by atoms with E-state index in [2.05, 4.69) is 22.3 Å². The lowest BCUT2D eigenvalue weighted by Gasteiger charge is -2.15. The molecule has 1 atom stereocenters. The Hall–Kier alpha value is -2.74. The molecule has 0 radical (unpaired) electrons. The second-order valence-corrected chi connectivity index (χ2v) is 11.7. The number of nitrogens with zero attached hydrogens (tertiary/aromatic N) is 2. The molecule has 3 heterocycles. The Balaban J connectivity index is 1.37. The van der Waals surface area contributed by atoms with E-state index in [9.17, 15) is 14.7 Å². The topological polar surface area (TPSA) is 93.4 Å². The van der Waals surface area contributed by atoms with Gasteiger partial charge >= 0.3 is 12.1 Å². The lowest BCUT2D eigenvalue weighted by Crippen LogP contribution is -2.18. The normalized spacial score (nSPS) is 14.6. The molecule has 1 fully saturated rings. The van der Waals surface area contributed by atoms with Gasteiger partial charge in [0.25, 0.3) is 0 Å². The van der Waals surface area contributed by atoms with Gasteiger partial charge in [0.05, 0.1) is 36.1 Å². The molecule has 0 saturated heterocycles. The molecule has 1 aromatic carbocycles. The number of hydrogen-bond donors (Lipinski definition) is 2. The lowest BCUT2D eigenvalue weighted by molar-refractivity contribution is -0.139. The number of hydrogen-bond acceptors (Lipinski definition) is 6. The lowest BCUT2D eigenvalue weighted by atomic mass is 10.1. The number of carboxylic acid groups (broad SMARTS) is 1. The Labute approximate surface area is 234 Å². The van der Waals surface area contributed by atoms with E-state index in [1.54, 1.807) is 32.2 Å². The van der Waals surface area contributed by atoms with Crippen molar-refractivity contribution in [1.82, 2.24) is 9.78 Å². The van der Waals surface area contributed by atoms with Crippen LogP contribution in [-0.4, -0.2) is 26.9 Å². The van der Waals surface area contributed by atoms with Crippen molar-refractivity contribution in [2.75, 3.05) is 5.32 Å². The molecule has 190 valence electrons.